The first-order valence-corrected chi connectivity index (χ1v) is 8.91. The molecule has 3 aromatic rings. The molecule has 0 aliphatic rings. The number of hydrogen-bond donors (Lipinski definition) is 2. The number of nitrogens with one attached hydrogen (secondary N) is 2. The number of carbonyl (C=O) groups excluding carboxylic acids is 1. The summed E-state index contributed by atoms with van der Waals surface area (Å²) in [5, 5.41) is 14.2. The molecule has 6 nitrogen and oxygen atoms in total. The van der Waals surface area contributed by atoms with Crippen LogP contribution in [-0.4, -0.2) is 25.9 Å². The minimum atomic E-state index is -0.201. The Kier molecular flexibility index (Phi) is 5.33. The highest BCUT2D eigenvalue weighted by Crippen LogP contribution is 2.25. The normalized spacial score (nSPS) is 11.0. The lowest BCUT2D eigenvalue weighted by Gasteiger charge is -2.07. The molecule has 0 atom stereocenters. The van der Waals surface area contributed by atoms with Gasteiger partial charge in [0.1, 0.15) is 0 Å². The Morgan fingerprint density at radius 1 is 1.32 bits per heavy atom. The van der Waals surface area contributed by atoms with Gasteiger partial charge < -0.3 is 5.32 Å². The van der Waals surface area contributed by atoms with Gasteiger partial charge in [0.05, 0.1) is 16.7 Å². The van der Waals surface area contributed by atoms with E-state index in [1.807, 2.05) is 49.0 Å². The second kappa shape index (κ2) is 7.65. The van der Waals surface area contributed by atoms with Gasteiger partial charge in [-0.2, -0.15) is 10.2 Å². The number of H-pyrrole nitrogens is 1. The van der Waals surface area contributed by atoms with E-state index in [0.29, 0.717) is 18.8 Å². The van der Waals surface area contributed by atoms with Crippen molar-refractivity contribution in [3.05, 3.63) is 69.7 Å². The zero-order valence-corrected chi connectivity index (χ0v) is 15.7. The van der Waals surface area contributed by atoms with Gasteiger partial charge in [0.15, 0.2) is 5.69 Å². The SMILES string of the molecule is CC(C)c1[nH]nc(C(=O)NCc2cccc(Cn3cccn3)c2)c1Br. The van der Waals surface area contributed by atoms with E-state index < -0.39 is 0 Å². The number of amides is 1. The van der Waals surface area contributed by atoms with E-state index in [9.17, 15) is 4.79 Å². The Bertz CT molecular complexity index is 854. The maximum atomic E-state index is 12.4. The van der Waals surface area contributed by atoms with Crippen molar-refractivity contribution >= 4 is 21.8 Å². The average molecular weight is 402 g/mol. The quantitative estimate of drug-likeness (QED) is 0.663. The van der Waals surface area contributed by atoms with Crippen LogP contribution < -0.4 is 5.32 Å². The minimum absolute atomic E-state index is 0.201. The number of aromatic nitrogens is 4. The van der Waals surface area contributed by atoms with Crippen LogP contribution in [0.5, 0.6) is 0 Å². The molecule has 0 saturated carbocycles. The van der Waals surface area contributed by atoms with Crippen molar-refractivity contribution in [1.82, 2.24) is 25.3 Å². The van der Waals surface area contributed by atoms with Crippen LogP contribution >= 0.6 is 15.9 Å². The molecule has 0 aliphatic heterocycles. The van der Waals surface area contributed by atoms with Gasteiger partial charge in [-0.3, -0.25) is 14.6 Å². The van der Waals surface area contributed by atoms with E-state index in [-0.39, 0.29) is 11.8 Å². The monoisotopic (exact) mass is 401 g/mol. The lowest BCUT2D eigenvalue weighted by Crippen LogP contribution is -2.23. The topological polar surface area (TPSA) is 75.6 Å². The summed E-state index contributed by atoms with van der Waals surface area (Å²) in [6, 6.07) is 10.00. The second-order valence-electron chi connectivity index (χ2n) is 6.16. The molecule has 0 spiro atoms. The molecule has 1 amide bonds. The van der Waals surface area contributed by atoms with Gasteiger partial charge in [0.2, 0.25) is 0 Å². The highest BCUT2D eigenvalue weighted by Gasteiger charge is 2.18. The maximum absolute atomic E-state index is 12.4. The van der Waals surface area contributed by atoms with E-state index in [4.69, 9.17) is 0 Å². The van der Waals surface area contributed by atoms with Crippen LogP contribution in [0, 0.1) is 0 Å². The fourth-order valence-electron chi connectivity index (χ4n) is 2.56. The first-order valence-electron chi connectivity index (χ1n) is 8.12. The van der Waals surface area contributed by atoms with Gasteiger partial charge in [0, 0.05) is 18.9 Å². The summed E-state index contributed by atoms with van der Waals surface area (Å²) in [7, 11) is 0. The third kappa shape index (κ3) is 4.17. The van der Waals surface area contributed by atoms with Crippen molar-refractivity contribution in [2.45, 2.75) is 32.9 Å². The molecule has 3 rings (SSSR count). The molecule has 2 N–H and O–H groups in total. The molecule has 0 aliphatic carbocycles. The highest BCUT2D eigenvalue weighted by atomic mass is 79.9. The molecule has 2 aromatic heterocycles. The molecule has 0 radical (unpaired) electrons. The molecule has 0 saturated heterocycles. The molecule has 0 fully saturated rings. The molecule has 2 heterocycles. The van der Waals surface area contributed by atoms with Crippen LogP contribution in [-0.2, 0) is 13.1 Å². The molecule has 0 bridgehead atoms. The van der Waals surface area contributed by atoms with Crippen LogP contribution in [0.4, 0.5) is 0 Å². The third-order valence-corrected chi connectivity index (χ3v) is 4.68. The fraction of sp³-hybridized carbons (Fsp3) is 0.278. The van der Waals surface area contributed by atoms with E-state index in [1.165, 1.54) is 0 Å². The summed E-state index contributed by atoms with van der Waals surface area (Å²) in [5.41, 5.74) is 3.48. The Morgan fingerprint density at radius 3 is 2.80 bits per heavy atom. The van der Waals surface area contributed by atoms with Crippen LogP contribution in [0.25, 0.3) is 0 Å². The van der Waals surface area contributed by atoms with Crippen LogP contribution in [0.1, 0.15) is 47.1 Å². The van der Waals surface area contributed by atoms with Gasteiger partial charge in [0.25, 0.3) is 5.91 Å². The summed E-state index contributed by atoms with van der Waals surface area (Å²) >= 11 is 3.46. The van der Waals surface area contributed by atoms with Crippen molar-refractivity contribution in [2.75, 3.05) is 0 Å². The smallest absolute Gasteiger partial charge is 0.273 e. The van der Waals surface area contributed by atoms with Crippen molar-refractivity contribution in [1.29, 1.82) is 0 Å². The van der Waals surface area contributed by atoms with Crippen LogP contribution in [0.15, 0.2) is 47.2 Å². The number of halogens is 1. The molecule has 130 valence electrons. The lowest BCUT2D eigenvalue weighted by atomic mass is 10.1. The number of rotatable bonds is 6. The van der Waals surface area contributed by atoms with E-state index in [2.05, 4.69) is 42.6 Å². The maximum Gasteiger partial charge on any atom is 0.273 e. The second-order valence-corrected chi connectivity index (χ2v) is 6.95. The Hall–Kier alpha value is -2.41. The molecule has 0 unspecified atom stereocenters. The van der Waals surface area contributed by atoms with E-state index in [1.54, 1.807) is 6.20 Å². The van der Waals surface area contributed by atoms with Gasteiger partial charge in [-0.1, -0.05) is 38.1 Å². The van der Waals surface area contributed by atoms with Crippen molar-refractivity contribution in [2.24, 2.45) is 0 Å². The minimum Gasteiger partial charge on any atom is -0.347 e. The number of nitrogens with zero attached hydrogens (tertiary/aromatic N) is 3. The summed E-state index contributed by atoms with van der Waals surface area (Å²) in [5.74, 6) is 0.0647. The van der Waals surface area contributed by atoms with Crippen LogP contribution in [0.2, 0.25) is 0 Å². The highest BCUT2D eigenvalue weighted by molar-refractivity contribution is 9.10. The Balaban J connectivity index is 1.64. The molecule has 1 aromatic carbocycles. The largest absolute Gasteiger partial charge is 0.347 e. The predicted octanol–water partition coefficient (Wildman–Crippen LogP) is 3.47. The molecule has 25 heavy (non-hydrogen) atoms. The molecular weight excluding hydrogens is 382 g/mol. The fourth-order valence-corrected chi connectivity index (χ4v) is 3.38. The first-order chi connectivity index (χ1) is 12.0. The van der Waals surface area contributed by atoms with Crippen molar-refractivity contribution in [3.8, 4) is 0 Å². The summed E-state index contributed by atoms with van der Waals surface area (Å²) in [4.78, 5) is 12.4. The molecular formula is C18H20BrN5O. The van der Waals surface area contributed by atoms with Crippen molar-refractivity contribution < 1.29 is 4.79 Å². The summed E-state index contributed by atoms with van der Waals surface area (Å²) in [6.45, 7) is 5.25. The zero-order valence-electron chi connectivity index (χ0n) is 14.2. The van der Waals surface area contributed by atoms with Gasteiger partial charge >= 0.3 is 0 Å². The number of carbonyl (C=O) groups is 1. The number of benzene rings is 1. The van der Waals surface area contributed by atoms with Crippen molar-refractivity contribution in [3.63, 3.8) is 0 Å². The van der Waals surface area contributed by atoms with Gasteiger partial charge in [-0.25, -0.2) is 0 Å². The summed E-state index contributed by atoms with van der Waals surface area (Å²) < 4.78 is 2.60. The third-order valence-electron chi connectivity index (χ3n) is 3.87. The van der Waals surface area contributed by atoms with Crippen LogP contribution in [0.3, 0.4) is 0 Å². The Morgan fingerprint density at radius 2 is 2.12 bits per heavy atom. The zero-order chi connectivity index (χ0) is 17.8. The van der Waals surface area contributed by atoms with E-state index >= 15 is 0 Å². The van der Waals surface area contributed by atoms with Gasteiger partial charge in [-0.15, -0.1) is 0 Å². The number of aromatic amines is 1. The standard InChI is InChI=1S/C18H20BrN5O/c1-12(2)16-15(19)17(23-22-16)18(25)20-10-13-5-3-6-14(9-13)11-24-8-4-7-21-24/h3-9,12H,10-11H2,1-2H3,(H,20,25)(H,22,23). The average Bonchev–Trinajstić information content (AvgIpc) is 3.22. The van der Waals surface area contributed by atoms with E-state index in [0.717, 1.165) is 21.3 Å². The molecule has 7 heteroatoms. The van der Waals surface area contributed by atoms with Gasteiger partial charge in [-0.05, 0) is 39.0 Å². The number of hydrogen-bond acceptors (Lipinski definition) is 3. The Labute approximate surface area is 154 Å². The summed E-state index contributed by atoms with van der Waals surface area (Å²) in [6.07, 6.45) is 3.69. The lowest BCUT2D eigenvalue weighted by molar-refractivity contribution is 0.0945. The first kappa shape index (κ1) is 17.4. The predicted molar refractivity (Wildman–Crippen MR) is 99.3 cm³/mol.